The van der Waals surface area contributed by atoms with Gasteiger partial charge in [-0.2, -0.15) is 0 Å². The molecule has 1 unspecified atom stereocenters. The molecule has 0 saturated carbocycles. The summed E-state index contributed by atoms with van der Waals surface area (Å²) < 4.78 is 0. The van der Waals surface area contributed by atoms with E-state index in [1.807, 2.05) is 18.3 Å². The number of nitrogens with zero attached hydrogens (tertiary/aromatic N) is 1. The highest BCUT2D eigenvalue weighted by molar-refractivity contribution is 7.19. The fraction of sp³-hybridized carbons (Fsp3) is 0.440. The van der Waals surface area contributed by atoms with Crippen molar-refractivity contribution in [1.82, 2.24) is 4.98 Å². The summed E-state index contributed by atoms with van der Waals surface area (Å²) in [4.78, 5) is 19.7. The number of carbonyl (C=O) groups is 1. The summed E-state index contributed by atoms with van der Waals surface area (Å²) in [6, 6.07) is 8.70. The van der Waals surface area contributed by atoms with Crippen LogP contribution in [0.2, 0.25) is 0 Å². The fourth-order valence-corrected chi connectivity index (χ4v) is 6.05. The lowest BCUT2D eigenvalue weighted by Crippen LogP contribution is -2.15. The Hall–Kier alpha value is -2.20. The molecule has 1 aliphatic carbocycles. The SMILES string of the molecule is CCCC(C(=O)O)c1c(C)nc2sc3c(c2c1-c1ccc(CC)cc1)CCCC3. The minimum atomic E-state index is -0.744. The van der Waals surface area contributed by atoms with Gasteiger partial charge in [0.15, 0.2) is 0 Å². The minimum absolute atomic E-state index is 0.517. The average molecular weight is 408 g/mol. The van der Waals surface area contributed by atoms with Crippen molar-refractivity contribution in [2.24, 2.45) is 0 Å². The van der Waals surface area contributed by atoms with Crippen molar-refractivity contribution in [3.05, 3.63) is 51.5 Å². The van der Waals surface area contributed by atoms with Crippen LogP contribution >= 0.6 is 11.3 Å². The number of hydrogen-bond acceptors (Lipinski definition) is 3. The number of fused-ring (bicyclic) bond motifs is 3. The number of thiophene rings is 1. The zero-order chi connectivity index (χ0) is 20.5. The molecule has 1 aliphatic rings. The van der Waals surface area contributed by atoms with E-state index in [2.05, 4.69) is 38.1 Å². The Morgan fingerprint density at radius 2 is 1.90 bits per heavy atom. The molecule has 4 heteroatoms. The number of aryl methyl sites for hydroxylation is 4. The first-order chi connectivity index (χ1) is 14.0. The zero-order valence-corrected chi connectivity index (χ0v) is 18.4. The molecule has 1 atom stereocenters. The van der Waals surface area contributed by atoms with Crippen LogP contribution in [0.25, 0.3) is 21.3 Å². The Balaban J connectivity index is 2.07. The molecule has 0 aliphatic heterocycles. The lowest BCUT2D eigenvalue weighted by molar-refractivity contribution is -0.139. The molecule has 0 fully saturated rings. The molecule has 0 saturated heterocycles. The number of carboxylic acid groups (broad SMARTS) is 1. The van der Waals surface area contributed by atoms with Gasteiger partial charge in [-0.3, -0.25) is 4.79 Å². The summed E-state index contributed by atoms with van der Waals surface area (Å²) in [5, 5.41) is 11.3. The maximum absolute atomic E-state index is 12.3. The van der Waals surface area contributed by atoms with E-state index in [4.69, 9.17) is 4.98 Å². The molecule has 2 heterocycles. The Morgan fingerprint density at radius 1 is 1.17 bits per heavy atom. The normalized spacial score (nSPS) is 14.7. The second-order valence-corrected chi connectivity index (χ2v) is 9.19. The summed E-state index contributed by atoms with van der Waals surface area (Å²) in [6.07, 6.45) is 7.11. The highest BCUT2D eigenvalue weighted by atomic mass is 32.1. The molecule has 3 nitrogen and oxygen atoms in total. The van der Waals surface area contributed by atoms with E-state index >= 15 is 0 Å². The van der Waals surface area contributed by atoms with Gasteiger partial charge in [-0.15, -0.1) is 11.3 Å². The van der Waals surface area contributed by atoms with E-state index in [-0.39, 0.29) is 0 Å². The first-order valence-corrected chi connectivity index (χ1v) is 11.6. The molecule has 4 rings (SSSR count). The van der Waals surface area contributed by atoms with Crippen LogP contribution in [0.4, 0.5) is 0 Å². The molecular weight excluding hydrogens is 378 g/mol. The Bertz CT molecular complexity index is 1050. The standard InChI is InChI=1S/C25H29NO2S/c1-4-8-19(25(27)28)21-15(3)26-24-23(18-9-6-7-10-20(18)29-24)22(21)17-13-11-16(5-2)12-14-17/h11-14,19H,4-10H2,1-3H3,(H,27,28). The molecule has 0 amide bonds. The molecule has 29 heavy (non-hydrogen) atoms. The van der Waals surface area contributed by atoms with Gasteiger partial charge in [0.05, 0.1) is 5.92 Å². The first-order valence-electron chi connectivity index (χ1n) is 10.8. The van der Waals surface area contributed by atoms with E-state index in [1.165, 1.54) is 34.2 Å². The topological polar surface area (TPSA) is 50.2 Å². The highest BCUT2D eigenvalue weighted by Crippen LogP contribution is 2.45. The number of carboxylic acids is 1. The lowest BCUT2D eigenvalue weighted by Gasteiger charge is -2.21. The van der Waals surface area contributed by atoms with Crippen molar-refractivity contribution in [2.45, 2.75) is 71.6 Å². The number of aliphatic carboxylic acids is 1. The third kappa shape index (κ3) is 3.59. The van der Waals surface area contributed by atoms with Crippen molar-refractivity contribution >= 4 is 27.5 Å². The van der Waals surface area contributed by atoms with Gasteiger partial charge in [-0.1, -0.05) is 44.5 Å². The van der Waals surface area contributed by atoms with Crippen LogP contribution in [0.1, 0.15) is 72.7 Å². The Morgan fingerprint density at radius 3 is 2.55 bits per heavy atom. The predicted molar refractivity (Wildman–Crippen MR) is 121 cm³/mol. The van der Waals surface area contributed by atoms with Gasteiger partial charge in [-0.25, -0.2) is 4.98 Å². The van der Waals surface area contributed by atoms with Gasteiger partial charge >= 0.3 is 5.97 Å². The van der Waals surface area contributed by atoms with Crippen molar-refractivity contribution in [2.75, 3.05) is 0 Å². The lowest BCUT2D eigenvalue weighted by atomic mass is 9.83. The average Bonchev–Trinajstić information content (AvgIpc) is 3.09. The maximum Gasteiger partial charge on any atom is 0.311 e. The Labute approximate surface area is 176 Å². The van der Waals surface area contributed by atoms with Gasteiger partial charge in [0.1, 0.15) is 4.83 Å². The second kappa shape index (κ2) is 8.27. The number of pyridine rings is 1. The second-order valence-electron chi connectivity index (χ2n) is 8.11. The van der Waals surface area contributed by atoms with Crippen LogP contribution in [0, 0.1) is 6.92 Å². The number of hydrogen-bond donors (Lipinski definition) is 1. The van der Waals surface area contributed by atoms with Gasteiger partial charge in [-0.05, 0) is 73.3 Å². The number of aromatic nitrogens is 1. The van der Waals surface area contributed by atoms with Crippen LogP contribution in [-0.4, -0.2) is 16.1 Å². The molecular formula is C25H29NO2S. The summed E-state index contributed by atoms with van der Waals surface area (Å²) in [6.45, 7) is 6.20. The third-order valence-electron chi connectivity index (χ3n) is 6.21. The van der Waals surface area contributed by atoms with Crippen LogP contribution in [0.5, 0.6) is 0 Å². The van der Waals surface area contributed by atoms with Crippen LogP contribution in [-0.2, 0) is 24.1 Å². The molecule has 1 aromatic carbocycles. The molecule has 1 N–H and O–H groups in total. The van der Waals surface area contributed by atoms with E-state index in [0.717, 1.165) is 52.9 Å². The predicted octanol–water partition coefficient (Wildman–Crippen LogP) is 6.68. The molecule has 3 aromatic rings. The van der Waals surface area contributed by atoms with E-state index in [9.17, 15) is 9.90 Å². The summed E-state index contributed by atoms with van der Waals surface area (Å²) in [5.41, 5.74) is 6.75. The maximum atomic E-state index is 12.3. The van der Waals surface area contributed by atoms with Gasteiger partial charge in [0, 0.05) is 16.0 Å². The monoisotopic (exact) mass is 407 g/mol. The van der Waals surface area contributed by atoms with E-state index in [0.29, 0.717) is 6.42 Å². The van der Waals surface area contributed by atoms with Crippen molar-refractivity contribution in [1.29, 1.82) is 0 Å². The van der Waals surface area contributed by atoms with Crippen LogP contribution in [0.3, 0.4) is 0 Å². The van der Waals surface area contributed by atoms with Gasteiger partial charge < -0.3 is 5.11 Å². The quantitative estimate of drug-likeness (QED) is 0.496. The fourth-order valence-electron chi connectivity index (χ4n) is 4.73. The van der Waals surface area contributed by atoms with Gasteiger partial charge in [0.25, 0.3) is 0 Å². The number of rotatable bonds is 6. The summed E-state index contributed by atoms with van der Waals surface area (Å²) in [5.74, 6) is -1.26. The van der Waals surface area contributed by atoms with Crippen molar-refractivity contribution in [3.63, 3.8) is 0 Å². The first kappa shape index (κ1) is 20.1. The molecule has 2 aromatic heterocycles. The van der Waals surface area contributed by atoms with Crippen LogP contribution in [0.15, 0.2) is 24.3 Å². The third-order valence-corrected chi connectivity index (χ3v) is 7.39. The van der Waals surface area contributed by atoms with Crippen LogP contribution < -0.4 is 0 Å². The largest absolute Gasteiger partial charge is 0.481 e. The minimum Gasteiger partial charge on any atom is -0.481 e. The smallest absolute Gasteiger partial charge is 0.311 e. The molecule has 152 valence electrons. The summed E-state index contributed by atoms with van der Waals surface area (Å²) >= 11 is 1.81. The van der Waals surface area contributed by atoms with E-state index in [1.54, 1.807) is 0 Å². The highest BCUT2D eigenvalue weighted by Gasteiger charge is 2.29. The van der Waals surface area contributed by atoms with Gasteiger partial charge in [0.2, 0.25) is 0 Å². The van der Waals surface area contributed by atoms with E-state index < -0.39 is 11.9 Å². The van der Waals surface area contributed by atoms with Crippen molar-refractivity contribution < 1.29 is 9.90 Å². The van der Waals surface area contributed by atoms with Crippen molar-refractivity contribution in [3.8, 4) is 11.1 Å². The molecule has 0 bridgehead atoms. The summed E-state index contributed by atoms with van der Waals surface area (Å²) in [7, 11) is 0. The zero-order valence-electron chi connectivity index (χ0n) is 17.5. The molecule has 0 spiro atoms. The Kier molecular flexibility index (Phi) is 5.73. The molecule has 0 radical (unpaired) electrons. The number of benzene rings is 1.